The molecule has 0 radical (unpaired) electrons. The zero-order chi connectivity index (χ0) is 40.9. The molecule has 0 amide bonds. The van der Waals surface area contributed by atoms with Gasteiger partial charge in [-0.25, -0.2) is 4.57 Å². The van der Waals surface area contributed by atoms with E-state index in [2.05, 4.69) is 98.9 Å². The van der Waals surface area contributed by atoms with Gasteiger partial charge >= 0.3 is 13.8 Å². The molecule has 0 aromatic rings. The van der Waals surface area contributed by atoms with Gasteiger partial charge in [0, 0.05) is 19.6 Å². The van der Waals surface area contributed by atoms with Crippen molar-refractivity contribution in [1.29, 1.82) is 0 Å². The molecule has 0 saturated heterocycles. The van der Waals surface area contributed by atoms with Crippen LogP contribution in [0.2, 0.25) is 0 Å². The minimum atomic E-state index is -4.30. The van der Waals surface area contributed by atoms with Crippen LogP contribution in [0.5, 0.6) is 0 Å². The summed E-state index contributed by atoms with van der Waals surface area (Å²) in [6.45, 7) is 4.61. The number of hydrogen-bond acceptors (Lipinski definition) is 7. The molecule has 0 bridgehead atoms. The van der Waals surface area contributed by atoms with Crippen molar-refractivity contribution >= 4 is 13.8 Å². The zero-order valence-corrected chi connectivity index (χ0v) is 36.5. The summed E-state index contributed by atoms with van der Waals surface area (Å²) >= 11 is 0. The van der Waals surface area contributed by atoms with Crippen LogP contribution in [-0.2, 0) is 27.9 Å². The summed E-state index contributed by atoms with van der Waals surface area (Å²) in [7, 11) is -4.30. The van der Waals surface area contributed by atoms with Crippen LogP contribution in [0.15, 0.2) is 85.1 Å². The summed E-state index contributed by atoms with van der Waals surface area (Å²) in [6.07, 6.45) is 56.2. The van der Waals surface area contributed by atoms with Crippen molar-refractivity contribution in [3.63, 3.8) is 0 Å². The third kappa shape index (κ3) is 42.8. The predicted molar refractivity (Wildman–Crippen MR) is 238 cm³/mol. The highest BCUT2D eigenvalue weighted by Gasteiger charge is 2.25. The van der Waals surface area contributed by atoms with E-state index in [0.717, 1.165) is 77.0 Å². The predicted octanol–water partition coefficient (Wildman–Crippen LogP) is 13.3. The standard InChI is InChI=1S/C47H82NO7P/c1-3-5-7-9-11-13-15-17-19-20-21-22-23-24-25-26-27-28-30-32-34-36-38-40-47(49)55-46(45-54-56(50,51)53-43-41-48)44-52-42-39-37-35-33-31-29-18-16-14-12-10-8-6-4-2/h6,8,12,14-15,17-18,20-21,23-24,29,33,35,46H,3-5,7,9-11,13,16,19,22,25-28,30-32,34,36-45,48H2,1-2H3,(H,50,51)/b8-6-,14-12-,17-15-,21-20-,24-23-,29-18-,35-33-. The second-order valence-electron chi connectivity index (χ2n) is 14.2. The lowest BCUT2D eigenvalue weighted by atomic mass is 10.1. The molecular formula is C47H82NO7P. The number of nitrogens with two attached hydrogens (primary N) is 1. The van der Waals surface area contributed by atoms with E-state index in [1.54, 1.807) is 0 Å². The van der Waals surface area contributed by atoms with E-state index in [1.165, 1.54) is 70.6 Å². The summed E-state index contributed by atoms with van der Waals surface area (Å²) in [5.74, 6) is -0.360. The van der Waals surface area contributed by atoms with Crippen molar-refractivity contribution in [1.82, 2.24) is 0 Å². The molecule has 8 nitrogen and oxygen atoms in total. The highest BCUT2D eigenvalue weighted by Crippen LogP contribution is 2.43. The molecule has 0 spiro atoms. The molecule has 2 unspecified atom stereocenters. The van der Waals surface area contributed by atoms with Gasteiger partial charge in [-0.2, -0.15) is 0 Å². The number of carbonyl (C=O) groups excluding carboxylic acids is 1. The summed E-state index contributed by atoms with van der Waals surface area (Å²) in [5, 5.41) is 0. The van der Waals surface area contributed by atoms with E-state index >= 15 is 0 Å². The number of ether oxygens (including phenoxy) is 2. The molecule has 0 heterocycles. The van der Waals surface area contributed by atoms with Crippen molar-refractivity contribution in [3.8, 4) is 0 Å². The Labute approximate surface area is 343 Å². The molecule has 0 fully saturated rings. The Balaban J connectivity index is 4.09. The maximum absolute atomic E-state index is 12.6. The first-order valence-corrected chi connectivity index (χ1v) is 23.6. The largest absolute Gasteiger partial charge is 0.472 e. The Morgan fingerprint density at radius 2 is 1.00 bits per heavy atom. The molecule has 0 aliphatic heterocycles. The summed E-state index contributed by atoms with van der Waals surface area (Å²) < 4.78 is 33.3. The smallest absolute Gasteiger partial charge is 0.457 e. The van der Waals surface area contributed by atoms with E-state index in [9.17, 15) is 14.3 Å². The summed E-state index contributed by atoms with van der Waals surface area (Å²) in [6, 6.07) is 0. The van der Waals surface area contributed by atoms with Gasteiger partial charge in [0.1, 0.15) is 6.10 Å². The molecule has 0 aromatic heterocycles. The van der Waals surface area contributed by atoms with Gasteiger partial charge in [-0.05, 0) is 83.5 Å². The van der Waals surface area contributed by atoms with E-state index in [0.29, 0.717) is 13.0 Å². The van der Waals surface area contributed by atoms with Gasteiger partial charge in [0.05, 0.1) is 19.8 Å². The lowest BCUT2D eigenvalue weighted by Gasteiger charge is -2.20. The van der Waals surface area contributed by atoms with Crippen molar-refractivity contribution in [2.24, 2.45) is 5.73 Å². The van der Waals surface area contributed by atoms with Gasteiger partial charge in [0.25, 0.3) is 0 Å². The molecule has 0 rings (SSSR count). The second-order valence-corrected chi connectivity index (χ2v) is 15.6. The van der Waals surface area contributed by atoms with Crippen molar-refractivity contribution in [3.05, 3.63) is 85.1 Å². The van der Waals surface area contributed by atoms with Gasteiger partial charge in [-0.15, -0.1) is 0 Å². The molecule has 3 N–H and O–H groups in total. The van der Waals surface area contributed by atoms with Gasteiger partial charge in [-0.1, -0.05) is 163 Å². The zero-order valence-electron chi connectivity index (χ0n) is 35.6. The fourth-order valence-electron chi connectivity index (χ4n) is 5.59. The fourth-order valence-corrected chi connectivity index (χ4v) is 6.36. The number of phosphoric ester groups is 1. The van der Waals surface area contributed by atoms with Gasteiger partial charge in [0.2, 0.25) is 0 Å². The number of carbonyl (C=O) groups is 1. The van der Waals surface area contributed by atoms with Crippen LogP contribution in [0.25, 0.3) is 0 Å². The quantitative estimate of drug-likeness (QED) is 0.0272. The molecule has 0 saturated carbocycles. The van der Waals surface area contributed by atoms with Crippen molar-refractivity contribution in [2.75, 3.05) is 33.0 Å². The Hall–Kier alpha value is -2.32. The van der Waals surface area contributed by atoms with E-state index in [1.807, 2.05) is 0 Å². The molecule has 2 atom stereocenters. The molecule has 0 aromatic carbocycles. The van der Waals surface area contributed by atoms with Crippen molar-refractivity contribution in [2.45, 2.75) is 174 Å². The third-order valence-electron chi connectivity index (χ3n) is 8.80. The fraction of sp³-hybridized carbons (Fsp3) is 0.681. The number of allylic oxidation sites excluding steroid dienone is 14. The maximum Gasteiger partial charge on any atom is 0.472 e. The number of hydrogen-bond donors (Lipinski definition) is 2. The number of esters is 1. The van der Waals surface area contributed by atoms with Gasteiger partial charge in [0.15, 0.2) is 0 Å². The minimum absolute atomic E-state index is 0.0703. The number of rotatable bonds is 41. The van der Waals surface area contributed by atoms with Crippen LogP contribution in [0, 0.1) is 0 Å². The average molecular weight is 804 g/mol. The van der Waals surface area contributed by atoms with Crippen LogP contribution >= 0.6 is 7.82 Å². The van der Waals surface area contributed by atoms with E-state index < -0.39 is 13.9 Å². The first kappa shape index (κ1) is 53.7. The van der Waals surface area contributed by atoms with E-state index in [-0.39, 0.29) is 32.3 Å². The minimum Gasteiger partial charge on any atom is -0.457 e. The molecule has 9 heteroatoms. The first-order chi connectivity index (χ1) is 27.4. The average Bonchev–Trinajstić information content (AvgIpc) is 3.19. The Bertz CT molecular complexity index is 1130. The summed E-state index contributed by atoms with van der Waals surface area (Å²) in [4.78, 5) is 22.5. The third-order valence-corrected chi connectivity index (χ3v) is 9.78. The molecule has 0 aliphatic carbocycles. The topological polar surface area (TPSA) is 117 Å². The Morgan fingerprint density at radius 3 is 1.50 bits per heavy atom. The molecular weight excluding hydrogens is 721 g/mol. The van der Waals surface area contributed by atoms with Crippen molar-refractivity contribution < 1.29 is 32.8 Å². The van der Waals surface area contributed by atoms with Crippen LogP contribution in [0.4, 0.5) is 0 Å². The summed E-state index contributed by atoms with van der Waals surface area (Å²) in [5.41, 5.74) is 5.36. The van der Waals surface area contributed by atoms with Crippen LogP contribution in [-0.4, -0.2) is 49.9 Å². The second kappa shape index (κ2) is 43.8. The monoisotopic (exact) mass is 804 g/mol. The number of unbranched alkanes of at least 4 members (excludes halogenated alkanes) is 14. The van der Waals surface area contributed by atoms with Crippen LogP contribution in [0.3, 0.4) is 0 Å². The SMILES string of the molecule is CC/C=C\C/C=C\C/C=C\C/C=C\CCCOCC(COP(=O)(O)OCCN)OC(=O)CCCCCCCCCC/C=C\C/C=C\C/C=C\CCCCCCC. The lowest BCUT2D eigenvalue weighted by Crippen LogP contribution is -2.28. The maximum atomic E-state index is 12.6. The lowest BCUT2D eigenvalue weighted by molar-refractivity contribution is -0.154. The first-order valence-electron chi connectivity index (χ1n) is 22.1. The Kier molecular flexibility index (Phi) is 42.0. The molecule has 0 aliphatic rings. The van der Waals surface area contributed by atoms with Crippen LogP contribution < -0.4 is 5.73 Å². The highest BCUT2D eigenvalue weighted by molar-refractivity contribution is 7.47. The molecule has 56 heavy (non-hydrogen) atoms. The normalized spacial score (nSPS) is 14.3. The Morgan fingerprint density at radius 1 is 0.554 bits per heavy atom. The van der Waals surface area contributed by atoms with Gasteiger partial charge < -0.3 is 20.1 Å². The van der Waals surface area contributed by atoms with E-state index in [4.69, 9.17) is 24.3 Å². The van der Waals surface area contributed by atoms with Crippen LogP contribution in [0.1, 0.15) is 168 Å². The highest BCUT2D eigenvalue weighted by atomic mass is 31.2. The molecule has 322 valence electrons. The number of phosphoric acid groups is 1. The van der Waals surface area contributed by atoms with Gasteiger partial charge in [-0.3, -0.25) is 13.8 Å².